The van der Waals surface area contributed by atoms with Crippen molar-refractivity contribution in [1.82, 2.24) is 10.6 Å². The van der Waals surface area contributed by atoms with Gasteiger partial charge in [-0.05, 0) is 31.4 Å². The zero-order valence-electron chi connectivity index (χ0n) is 9.82. The van der Waals surface area contributed by atoms with Crippen molar-refractivity contribution in [2.24, 2.45) is 0 Å². The molecule has 17 heavy (non-hydrogen) atoms. The molecule has 1 amide bonds. The van der Waals surface area contributed by atoms with E-state index < -0.39 is 0 Å². The number of piperidine rings is 1. The second-order valence-corrected chi connectivity index (χ2v) is 4.21. The van der Waals surface area contributed by atoms with E-state index in [0.717, 1.165) is 24.9 Å². The van der Waals surface area contributed by atoms with E-state index in [1.54, 1.807) is 0 Å². The van der Waals surface area contributed by atoms with Gasteiger partial charge in [-0.25, -0.2) is 4.79 Å². The number of nitrogens with one attached hydrogen (secondary N) is 2. The lowest BCUT2D eigenvalue weighted by atomic mass is 10.1. The van der Waals surface area contributed by atoms with Gasteiger partial charge < -0.3 is 10.1 Å². The number of carbonyl (C=O) groups is 1. The third kappa shape index (κ3) is 4.07. The van der Waals surface area contributed by atoms with Gasteiger partial charge in [-0.1, -0.05) is 30.3 Å². The van der Waals surface area contributed by atoms with Crippen LogP contribution in [0.4, 0.5) is 4.79 Å². The lowest BCUT2D eigenvalue weighted by Crippen LogP contribution is -2.47. The van der Waals surface area contributed by atoms with Crippen LogP contribution < -0.4 is 10.6 Å². The topological polar surface area (TPSA) is 50.4 Å². The van der Waals surface area contributed by atoms with Crippen molar-refractivity contribution < 1.29 is 9.53 Å². The van der Waals surface area contributed by atoms with Gasteiger partial charge in [-0.3, -0.25) is 5.32 Å². The molecule has 1 aliphatic heterocycles. The predicted octanol–water partition coefficient (Wildman–Crippen LogP) is 2.01. The summed E-state index contributed by atoms with van der Waals surface area (Å²) in [6.45, 7) is 1.28. The molecule has 1 atom stereocenters. The van der Waals surface area contributed by atoms with Crippen LogP contribution in [-0.4, -0.2) is 18.8 Å². The van der Waals surface area contributed by atoms with E-state index in [-0.39, 0.29) is 12.3 Å². The van der Waals surface area contributed by atoms with Crippen LogP contribution in [0.15, 0.2) is 30.3 Å². The fourth-order valence-electron chi connectivity index (χ4n) is 1.88. The summed E-state index contributed by atoms with van der Waals surface area (Å²) >= 11 is 0. The molecule has 0 aliphatic carbocycles. The molecule has 4 heteroatoms. The zero-order valence-corrected chi connectivity index (χ0v) is 9.82. The first kappa shape index (κ1) is 11.9. The van der Waals surface area contributed by atoms with E-state index in [0.29, 0.717) is 6.61 Å². The Bertz CT molecular complexity index is 348. The molecule has 0 aromatic heterocycles. The van der Waals surface area contributed by atoms with Gasteiger partial charge in [0.2, 0.25) is 0 Å². The van der Waals surface area contributed by atoms with Crippen molar-refractivity contribution >= 4 is 6.09 Å². The van der Waals surface area contributed by atoms with Crippen molar-refractivity contribution in [2.45, 2.75) is 32.0 Å². The Morgan fingerprint density at radius 2 is 2.18 bits per heavy atom. The fourth-order valence-corrected chi connectivity index (χ4v) is 1.88. The molecule has 92 valence electrons. The van der Waals surface area contributed by atoms with Crippen LogP contribution in [0.3, 0.4) is 0 Å². The van der Waals surface area contributed by atoms with Gasteiger partial charge in [0.25, 0.3) is 0 Å². The number of alkyl carbamates (subject to hydrolysis) is 1. The third-order valence-corrected chi connectivity index (χ3v) is 2.82. The lowest BCUT2D eigenvalue weighted by molar-refractivity contribution is 0.131. The molecule has 0 bridgehead atoms. The summed E-state index contributed by atoms with van der Waals surface area (Å²) in [5.74, 6) is 0. The average Bonchev–Trinajstić information content (AvgIpc) is 2.39. The van der Waals surface area contributed by atoms with Gasteiger partial charge in [-0.15, -0.1) is 0 Å². The van der Waals surface area contributed by atoms with E-state index in [1.807, 2.05) is 30.3 Å². The number of amides is 1. The van der Waals surface area contributed by atoms with Gasteiger partial charge in [0, 0.05) is 0 Å². The maximum absolute atomic E-state index is 11.5. The van der Waals surface area contributed by atoms with Crippen LogP contribution in [0.5, 0.6) is 0 Å². The number of rotatable bonds is 3. The smallest absolute Gasteiger partial charge is 0.408 e. The molecule has 1 aromatic carbocycles. The van der Waals surface area contributed by atoms with Crippen molar-refractivity contribution in [3.05, 3.63) is 35.9 Å². The molecule has 1 aliphatic rings. The second-order valence-electron chi connectivity index (χ2n) is 4.21. The molecule has 0 radical (unpaired) electrons. The summed E-state index contributed by atoms with van der Waals surface area (Å²) in [5, 5.41) is 6.05. The van der Waals surface area contributed by atoms with Crippen LogP contribution in [-0.2, 0) is 11.3 Å². The molecule has 0 spiro atoms. The normalized spacial score (nSPS) is 19.6. The van der Waals surface area contributed by atoms with E-state index >= 15 is 0 Å². The summed E-state index contributed by atoms with van der Waals surface area (Å²) in [6, 6.07) is 9.67. The van der Waals surface area contributed by atoms with Crippen LogP contribution in [0, 0.1) is 0 Å². The van der Waals surface area contributed by atoms with Crippen LogP contribution in [0.2, 0.25) is 0 Å². The minimum absolute atomic E-state index is 0.0621. The van der Waals surface area contributed by atoms with Gasteiger partial charge in [0.15, 0.2) is 0 Å². The van der Waals surface area contributed by atoms with Gasteiger partial charge >= 0.3 is 6.09 Å². The van der Waals surface area contributed by atoms with Crippen molar-refractivity contribution in [1.29, 1.82) is 0 Å². The van der Waals surface area contributed by atoms with E-state index in [9.17, 15) is 4.79 Å². The second kappa shape index (κ2) is 6.25. The van der Waals surface area contributed by atoms with Crippen LogP contribution in [0.25, 0.3) is 0 Å². The van der Waals surface area contributed by atoms with Gasteiger partial charge in [0.1, 0.15) is 6.61 Å². The molecule has 1 saturated heterocycles. The summed E-state index contributed by atoms with van der Waals surface area (Å²) in [4.78, 5) is 11.5. The lowest BCUT2D eigenvalue weighted by Gasteiger charge is -2.23. The Labute approximate surface area is 101 Å². The quantitative estimate of drug-likeness (QED) is 0.841. The highest BCUT2D eigenvalue weighted by molar-refractivity contribution is 5.67. The molecule has 1 aromatic rings. The minimum atomic E-state index is -0.353. The Hall–Kier alpha value is -1.55. The summed E-state index contributed by atoms with van der Waals surface area (Å²) in [7, 11) is 0. The molecule has 4 nitrogen and oxygen atoms in total. The zero-order chi connectivity index (χ0) is 11.9. The van der Waals surface area contributed by atoms with E-state index in [4.69, 9.17) is 4.74 Å². The Kier molecular flexibility index (Phi) is 4.38. The van der Waals surface area contributed by atoms with Crippen LogP contribution in [0.1, 0.15) is 24.8 Å². The highest BCUT2D eigenvalue weighted by Crippen LogP contribution is 2.05. The standard InChI is InChI=1S/C13H18N2O2/c16-13(15-12-8-4-5-9-14-12)17-10-11-6-2-1-3-7-11/h1-3,6-7,12,14H,4-5,8-10H2,(H,15,16)/t12-/m0/s1. The van der Waals surface area contributed by atoms with E-state index in [2.05, 4.69) is 10.6 Å². The molecular formula is C13H18N2O2. The number of benzene rings is 1. The number of hydrogen-bond donors (Lipinski definition) is 2. The van der Waals surface area contributed by atoms with Crippen LogP contribution >= 0.6 is 0 Å². The molecular weight excluding hydrogens is 216 g/mol. The Morgan fingerprint density at radius 1 is 1.35 bits per heavy atom. The minimum Gasteiger partial charge on any atom is -0.445 e. The monoisotopic (exact) mass is 234 g/mol. The fraction of sp³-hybridized carbons (Fsp3) is 0.462. The highest BCUT2D eigenvalue weighted by Gasteiger charge is 2.15. The number of hydrogen-bond acceptors (Lipinski definition) is 3. The van der Waals surface area contributed by atoms with Gasteiger partial charge in [-0.2, -0.15) is 0 Å². The third-order valence-electron chi connectivity index (χ3n) is 2.82. The molecule has 2 N–H and O–H groups in total. The Morgan fingerprint density at radius 3 is 2.88 bits per heavy atom. The molecule has 0 saturated carbocycles. The summed E-state index contributed by atoms with van der Waals surface area (Å²) < 4.78 is 5.14. The number of ether oxygens (including phenoxy) is 1. The molecule has 0 unspecified atom stereocenters. The van der Waals surface area contributed by atoms with Crippen molar-refractivity contribution in [3.63, 3.8) is 0 Å². The predicted molar refractivity (Wildman–Crippen MR) is 65.4 cm³/mol. The summed E-state index contributed by atoms with van der Waals surface area (Å²) in [5.41, 5.74) is 0.999. The van der Waals surface area contributed by atoms with E-state index in [1.165, 1.54) is 6.42 Å². The maximum atomic E-state index is 11.5. The maximum Gasteiger partial charge on any atom is 0.408 e. The highest BCUT2D eigenvalue weighted by atomic mass is 16.5. The number of carbonyl (C=O) groups excluding carboxylic acids is 1. The largest absolute Gasteiger partial charge is 0.445 e. The van der Waals surface area contributed by atoms with Crippen molar-refractivity contribution in [2.75, 3.05) is 6.54 Å². The SMILES string of the molecule is O=C(N[C@H]1CCCCN1)OCc1ccccc1. The average molecular weight is 234 g/mol. The summed E-state index contributed by atoms with van der Waals surface area (Å²) in [6.07, 6.45) is 3.01. The molecule has 1 fully saturated rings. The first-order valence-electron chi connectivity index (χ1n) is 6.05. The van der Waals surface area contributed by atoms with Gasteiger partial charge in [0.05, 0.1) is 6.17 Å². The first-order chi connectivity index (χ1) is 8.34. The van der Waals surface area contributed by atoms with Crippen molar-refractivity contribution in [3.8, 4) is 0 Å². The Balaban J connectivity index is 1.70. The molecule has 1 heterocycles. The first-order valence-corrected chi connectivity index (χ1v) is 6.05. The molecule has 2 rings (SSSR count).